The molecule has 8 heteroatoms. The Bertz CT molecular complexity index is 869. The summed E-state index contributed by atoms with van der Waals surface area (Å²) >= 11 is 5.86. The van der Waals surface area contributed by atoms with E-state index in [0.717, 1.165) is 11.3 Å². The first-order valence-corrected chi connectivity index (χ1v) is 10.1. The van der Waals surface area contributed by atoms with E-state index >= 15 is 0 Å². The van der Waals surface area contributed by atoms with Crippen molar-refractivity contribution >= 4 is 33.0 Å². The van der Waals surface area contributed by atoms with Gasteiger partial charge in [0.15, 0.2) is 9.84 Å². The van der Waals surface area contributed by atoms with Gasteiger partial charge in [-0.3, -0.25) is 9.78 Å². The van der Waals surface area contributed by atoms with Gasteiger partial charge in [0.05, 0.1) is 11.5 Å². The highest BCUT2D eigenvalue weighted by Gasteiger charge is 2.29. The minimum absolute atomic E-state index is 0.00670. The van der Waals surface area contributed by atoms with Crippen LogP contribution in [-0.4, -0.2) is 36.9 Å². The molecular formula is C17H18ClN3O3S. The lowest BCUT2D eigenvalue weighted by Gasteiger charge is -2.11. The molecule has 1 fully saturated rings. The van der Waals surface area contributed by atoms with Gasteiger partial charge in [0.25, 0.3) is 5.91 Å². The molecule has 6 nitrogen and oxygen atoms in total. The van der Waals surface area contributed by atoms with Gasteiger partial charge >= 0.3 is 0 Å². The average molecular weight is 380 g/mol. The van der Waals surface area contributed by atoms with E-state index in [-0.39, 0.29) is 29.1 Å². The number of hydrogen-bond donors (Lipinski definition) is 2. The number of sulfone groups is 1. The van der Waals surface area contributed by atoms with Crippen LogP contribution in [0.25, 0.3) is 0 Å². The molecule has 1 amide bonds. The lowest BCUT2D eigenvalue weighted by atomic mass is 10.2. The van der Waals surface area contributed by atoms with Crippen molar-refractivity contribution in [3.8, 4) is 0 Å². The molecule has 0 spiro atoms. The first kappa shape index (κ1) is 17.7. The summed E-state index contributed by atoms with van der Waals surface area (Å²) in [5.74, 6) is -0.251. The van der Waals surface area contributed by atoms with Crippen LogP contribution in [0, 0.1) is 0 Å². The van der Waals surface area contributed by atoms with E-state index in [1.807, 2.05) is 24.3 Å². The van der Waals surface area contributed by atoms with Crippen LogP contribution in [0.4, 0.5) is 5.69 Å². The number of pyridine rings is 1. The number of nitrogens with zero attached hydrogens (tertiary/aromatic N) is 1. The second kappa shape index (κ2) is 7.41. The summed E-state index contributed by atoms with van der Waals surface area (Å²) in [5.41, 5.74) is 2.07. The van der Waals surface area contributed by atoms with E-state index in [0.29, 0.717) is 18.0 Å². The summed E-state index contributed by atoms with van der Waals surface area (Å²) in [6.45, 7) is 0.586. The quantitative estimate of drug-likeness (QED) is 0.831. The Morgan fingerprint density at radius 3 is 2.68 bits per heavy atom. The third kappa shape index (κ3) is 4.93. The average Bonchev–Trinajstić information content (AvgIpc) is 2.93. The number of anilines is 1. The number of amides is 1. The fourth-order valence-electron chi connectivity index (χ4n) is 2.64. The predicted molar refractivity (Wildman–Crippen MR) is 97.5 cm³/mol. The molecule has 3 rings (SSSR count). The molecule has 1 unspecified atom stereocenters. The first-order valence-electron chi connectivity index (χ1n) is 7.87. The SMILES string of the molecule is O=C(NC1CCS(=O)(=O)C1)c1cc(NCc2ccc(Cl)cc2)ccn1. The number of nitrogens with one attached hydrogen (secondary N) is 2. The number of benzene rings is 1. The van der Waals surface area contributed by atoms with E-state index in [9.17, 15) is 13.2 Å². The summed E-state index contributed by atoms with van der Waals surface area (Å²) in [4.78, 5) is 16.3. The zero-order chi connectivity index (χ0) is 17.9. The van der Waals surface area contributed by atoms with Crippen LogP contribution >= 0.6 is 11.6 Å². The minimum atomic E-state index is -3.03. The third-order valence-electron chi connectivity index (χ3n) is 3.97. The Morgan fingerprint density at radius 1 is 1.24 bits per heavy atom. The van der Waals surface area contributed by atoms with Gasteiger partial charge in [-0.15, -0.1) is 0 Å². The van der Waals surface area contributed by atoms with Crippen LogP contribution < -0.4 is 10.6 Å². The molecule has 2 heterocycles. The van der Waals surface area contributed by atoms with Gasteiger partial charge in [-0.1, -0.05) is 23.7 Å². The van der Waals surface area contributed by atoms with E-state index in [2.05, 4.69) is 15.6 Å². The minimum Gasteiger partial charge on any atom is -0.381 e. The normalized spacial score (nSPS) is 18.7. The lowest BCUT2D eigenvalue weighted by molar-refractivity contribution is 0.0936. The number of aromatic nitrogens is 1. The van der Waals surface area contributed by atoms with E-state index in [1.54, 1.807) is 18.3 Å². The maximum atomic E-state index is 12.3. The van der Waals surface area contributed by atoms with Crippen molar-refractivity contribution in [3.05, 3.63) is 58.9 Å². The van der Waals surface area contributed by atoms with Crippen LogP contribution in [0.1, 0.15) is 22.5 Å². The van der Waals surface area contributed by atoms with E-state index < -0.39 is 9.84 Å². The van der Waals surface area contributed by atoms with Crippen LogP contribution in [0.15, 0.2) is 42.6 Å². The van der Waals surface area contributed by atoms with Crippen molar-refractivity contribution < 1.29 is 13.2 Å². The summed E-state index contributed by atoms with van der Waals surface area (Å²) in [5, 5.41) is 6.64. The topological polar surface area (TPSA) is 88.2 Å². The Morgan fingerprint density at radius 2 is 2.00 bits per heavy atom. The van der Waals surface area contributed by atoms with Crippen LogP contribution in [0.3, 0.4) is 0 Å². The van der Waals surface area contributed by atoms with Crippen molar-refractivity contribution in [2.24, 2.45) is 0 Å². The smallest absolute Gasteiger partial charge is 0.270 e. The summed E-state index contributed by atoms with van der Waals surface area (Å²) in [6.07, 6.45) is 1.99. The van der Waals surface area contributed by atoms with Gasteiger partial charge in [0.2, 0.25) is 0 Å². The molecule has 25 heavy (non-hydrogen) atoms. The Labute approximate surface area is 151 Å². The highest BCUT2D eigenvalue weighted by molar-refractivity contribution is 7.91. The molecule has 0 bridgehead atoms. The summed E-state index contributed by atoms with van der Waals surface area (Å²) in [6, 6.07) is 10.6. The monoisotopic (exact) mass is 379 g/mol. The fraction of sp³-hybridized carbons (Fsp3) is 0.294. The second-order valence-electron chi connectivity index (χ2n) is 5.98. The zero-order valence-corrected chi connectivity index (χ0v) is 15.0. The molecule has 1 aromatic heterocycles. The Hall–Kier alpha value is -2.12. The van der Waals surface area contributed by atoms with E-state index in [4.69, 9.17) is 11.6 Å². The van der Waals surface area contributed by atoms with Gasteiger partial charge < -0.3 is 10.6 Å². The summed E-state index contributed by atoms with van der Waals surface area (Å²) < 4.78 is 22.9. The van der Waals surface area contributed by atoms with Crippen molar-refractivity contribution in [3.63, 3.8) is 0 Å². The number of carbonyl (C=O) groups excluding carboxylic acids is 1. The largest absolute Gasteiger partial charge is 0.381 e. The number of carbonyl (C=O) groups is 1. The zero-order valence-electron chi connectivity index (χ0n) is 13.4. The molecule has 1 atom stereocenters. The number of rotatable bonds is 5. The Balaban J connectivity index is 1.60. The highest BCUT2D eigenvalue weighted by atomic mass is 35.5. The molecule has 0 radical (unpaired) electrons. The van der Waals surface area contributed by atoms with E-state index in [1.165, 1.54) is 0 Å². The maximum absolute atomic E-state index is 12.3. The van der Waals surface area contributed by atoms with Crippen molar-refractivity contribution in [1.82, 2.24) is 10.3 Å². The van der Waals surface area contributed by atoms with Crippen molar-refractivity contribution in [2.75, 3.05) is 16.8 Å². The predicted octanol–water partition coefficient (Wildman–Crippen LogP) is 2.26. The van der Waals surface area contributed by atoms with Crippen LogP contribution in [-0.2, 0) is 16.4 Å². The molecule has 0 saturated carbocycles. The highest BCUT2D eigenvalue weighted by Crippen LogP contribution is 2.15. The van der Waals surface area contributed by atoms with Gasteiger partial charge in [-0.25, -0.2) is 8.42 Å². The maximum Gasteiger partial charge on any atom is 0.270 e. The van der Waals surface area contributed by atoms with Crippen molar-refractivity contribution in [2.45, 2.75) is 19.0 Å². The molecule has 1 saturated heterocycles. The lowest BCUT2D eigenvalue weighted by Crippen LogP contribution is -2.36. The molecule has 0 aliphatic carbocycles. The van der Waals surface area contributed by atoms with Crippen LogP contribution in [0.2, 0.25) is 5.02 Å². The fourth-order valence-corrected chi connectivity index (χ4v) is 4.44. The number of hydrogen-bond acceptors (Lipinski definition) is 5. The standard InChI is InChI=1S/C17H18ClN3O3S/c18-13-3-1-12(2-4-13)10-20-14-5-7-19-16(9-14)17(22)21-15-6-8-25(23,24)11-15/h1-5,7,9,15H,6,8,10-11H2,(H,19,20)(H,21,22). The summed E-state index contributed by atoms with van der Waals surface area (Å²) in [7, 11) is -3.03. The molecule has 1 aliphatic heterocycles. The first-order chi connectivity index (χ1) is 11.9. The van der Waals surface area contributed by atoms with Gasteiger partial charge in [0.1, 0.15) is 5.69 Å². The molecule has 1 aromatic carbocycles. The third-order valence-corrected chi connectivity index (χ3v) is 5.99. The van der Waals surface area contributed by atoms with Gasteiger partial charge in [0, 0.05) is 29.5 Å². The second-order valence-corrected chi connectivity index (χ2v) is 8.65. The molecule has 1 aliphatic rings. The van der Waals surface area contributed by atoms with Crippen LogP contribution in [0.5, 0.6) is 0 Å². The molecule has 2 N–H and O–H groups in total. The Kier molecular flexibility index (Phi) is 5.24. The van der Waals surface area contributed by atoms with Crippen molar-refractivity contribution in [1.29, 1.82) is 0 Å². The molecule has 2 aromatic rings. The van der Waals surface area contributed by atoms with Gasteiger partial charge in [-0.05, 0) is 36.2 Å². The number of halogens is 1. The molecule has 132 valence electrons. The molecular weight excluding hydrogens is 362 g/mol. The van der Waals surface area contributed by atoms with Gasteiger partial charge in [-0.2, -0.15) is 0 Å².